The number of aliphatic carboxylic acids is 1. The highest BCUT2D eigenvalue weighted by molar-refractivity contribution is 5.95. The Balaban J connectivity index is 1.98. The Morgan fingerprint density at radius 3 is 2.22 bits per heavy atom. The van der Waals surface area contributed by atoms with E-state index in [9.17, 15) is 19.5 Å². The normalized spacial score (nSPS) is 16.4. The average molecular weight is 318 g/mol. The van der Waals surface area contributed by atoms with Crippen LogP contribution in [0.5, 0.6) is 0 Å². The van der Waals surface area contributed by atoms with Crippen LogP contribution in [0.3, 0.4) is 0 Å². The van der Waals surface area contributed by atoms with E-state index in [1.165, 1.54) is 6.92 Å². The lowest BCUT2D eigenvalue weighted by molar-refractivity contribution is -0.150. The molecule has 23 heavy (non-hydrogen) atoms. The topological polar surface area (TPSA) is 95.5 Å². The Bertz CT molecular complexity index is 589. The zero-order valence-electron chi connectivity index (χ0n) is 13.2. The van der Waals surface area contributed by atoms with Gasteiger partial charge >= 0.3 is 5.97 Å². The quantitative estimate of drug-likeness (QED) is 0.777. The summed E-state index contributed by atoms with van der Waals surface area (Å²) < 4.78 is 0. The van der Waals surface area contributed by atoms with Gasteiger partial charge in [0.25, 0.3) is 5.91 Å². The van der Waals surface area contributed by atoms with Crippen molar-refractivity contribution in [3.05, 3.63) is 29.8 Å². The first-order valence-corrected chi connectivity index (χ1v) is 7.82. The van der Waals surface area contributed by atoms with Crippen molar-refractivity contribution >= 4 is 23.5 Å². The van der Waals surface area contributed by atoms with Crippen molar-refractivity contribution in [2.45, 2.75) is 39.0 Å². The predicted octanol–water partition coefficient (Wildman–Crippen LogP) is 2.41. The van der Waals surface area contributed by atoms with Crippen LogP contribution < -0.4 is 10.6 Å². The van der Waals surface area contributed by atoms with Gasteiger partial charge in [-0.3, -0.25) is 14.4 Å². The van der Waals surface area contributed by atoms with Crippen molar-refractivity contribution in [3.8, 4) is 0 Å². The Morgan fingerprint density at radius 1 is 1.09 bits per heavy atom. The van der Waals surface area contributed by atoms with E-state index in [1.807, 2.05) is 0 Å². The maximum absolute atomic E-state index is 12.2. The molecule has 0 heterocycles. The van der Waals surface area contributed by atoms with Crippen molar-refractivity contribution in [3.63, 3.8) is 0 Å². The van der Waals surface area contributed by atoms with Gasteiger partial charge in [0.2, 0.25) is 5.91 Å². The number of carbonyl (C=O) groups excluding carboxylic acids is 2. The number of carbonyl (C=O) groups is 3. The maximum atomic E-state index is 12.2. The third-order valence-corrected chi connectivity index (χ3v) is 4.32. The smallest absolute Gasteiger partial charge is 0.311 e. The van der Waals surface area contributed by atoms with Gasteiger partial charge < -0.3 is 15.7 Å². The second kappa shape index (κ2) is 7.26. The van der Waals surface area contributed by atoms with Crippen LogP contribution in [0, 0.1) is 5.41 Å². The lowest BCUT2D eigenvalue weighted by Crippen LogP contribution is -2.44. The molecule has 124 valence electrons. The number of amides is 2. The molecule has 3 N–H and O–H groups in total. The SMILES string of the molecule is CC(=O)Nc1ccc(C(=O)NCC2(C(=O)O)CCCCC2)cc1. The van der Waals surface area contributed by atoms with Gasteiger partial charge in [-0.1, -0.05) is 19.3 Å². The molecule has 1 aliphatic carbocycles. The van der Waals surface area contributed by atoms with Crippen molar-refractivity contribution in [2.75, 3.05) is 11.9 Å². The highest BCUT2D eigenvalue weighted by Gasteiger charge is 2.39. The average Bonchev–Trinajstić information content (AvgIpc) is 2.53. The number of rotatable bonds is 5. The molecule has 1 saturated carbocycles. The summed E-state index contributed by atoms with van der Waals surface area (Å²) in [5, 5.41) is 14.9. The Morgan fingerprint density at radius 2 is 1.70 bits per heavy atom. The Labute approximate surface area is 135 Å². The maximum Gasteiger partial charge on any atom is 0.311 e. The minimum Gasteiger partial charge on any atom is -0.481 e. The van der Waals surface area contributed by atoms with E-state index in [1.54, 1.807) is 24.3 Å². The van der Waals surface area contributed by atoms with Gasteiger partial charge in [-0.25, -0.2) is 0 Å². The number of hydrogen-bond acceptors (Lipinski definition) is 3. The summed E-state index contributed by atoms with van der Waals surface area (Å²) in [7, 11) is 0. The molecular weight excluding hydrogens is 296 g/mol. The van der Waals surface area contributed by atoms with E-state index >= 15 is 0 Å². The summed E-state index contributed by atoms with van der Waals surface area (Å²) in [6, 6.07) is 6.50. The molecule has 0 aromatic heterocycles. The summed E-state index contributed by atoms with van der Waals surface area (Å²) in [5.74, 6) is -1.31. The van der Waals surface area contributed by atoms with Gasteiger partial charge in [0, 0.05) is 24.7 Å². The van der Waals surface area contributed by atoms with Crippen molar-refractivity contribution in [1.29, 1.82) is 0 Å². The van der Waals surface area contributed by atoms with Gasteiger partial charge in [0.05, 0.1) is 5.41 Å². The largest absolute Gasteiger partial charge is 0.481 e. The predicted molar refractivity (Wildman–Crippen MR) is 86.2 cm³/mol. The fourth-order valence-corrected chi connectivity index (χ4v) is 2.95. The summed E-state index contributed by atoms with van der Waals surface area (Å²) in [4.78, 5) is 34.7. The highest BCUT2D eigenvalue weighted by Crippen LogP contribution is 2.36. The summed E-state index contributed by atoms with van der Waals surface area (Å²) in [5.41, 5.74) is 0.211. The number of nitrogens with one attached hydrogen (secondary N) is 2. The van der Waals surface area contributed by atoms with Crippen LogP contribution in [-0.4, -0.2) is 29.4 Å². The van der Waals surface area contributed by atoms with Crippen LogP contribution in [-0.2, 0) is 9.59 Å². The summed E-state index contributed by atoms with van der Waals surface area (Å²) in [6.07, 6.45) is 4.02. The third-order valence-electron chi connectivity index (χ3n) is 4.32. The molecule has 6 nitrogen and oxygen atoms in total. The molecule has 6 heteroatoms. The van der Waals surface area contributed by atoms with E-state index in [-0.39, 0.29) is 18.4 Å². The molecule has 2 amide bonds. The van der Waals surface area contributed by atoms with Crippen molar-refractivity contribution in [2.24, 2.45) is 5.41 Å². The van der Waals surface area contributed by atoms with E-state index in [0.29, 0.717) is 24.1 Å². The Hall–Kier alpha value is -2.37. The van der Waals surface area contributed by atoms with Crippen LogP contribution in [0.1, 0.15) is 49.4 Å². The third kappa shape index (κ3) is 4.31. The van der Waals surface area contributed by atoms with E-state index in [4.69, 9.17) is 0 Å². The minimum absolute atomic E-state index is 0.147. The second-order valence-electron chi connectivity index (χ2n) is 6.09. The monoisotopic (exact) mass is 318 g/mol. The minimum atomic E-state index is -0.843. The molecule has 1 aromatic carbocycles. The van der Waals surface area contributed by atoms with Gasteiger partial charge in [-0.15, -0.1) is 0 Å². The lowest BCUT2D eigenvalue weighted by Gasteiger charge is -2.33. The fourth-order valence-electron chi connectivity index (χ4n) is 2.95. The molecule has 0 bridgehead atoms. The number of anilines is 1. The standard InChI is InChI=1S/C17H22N2O4/c1-12(20)19-14-7-5-13(6-8-14)15(21)18-11-17(16(22)23)9-3-2-4-10-17/h5-8H,2-4,9-11H2,1H3,(H,18,21)(H,19,20)(H,22,23). The molecule has 0 saturated heterocycles. The number of benzene rings is 1. The van der Waals surface area contributed by atoms with E-state index in [0.717, 1.165) is 19.3 Å². The first-order chi connectivity index (χ1) is 10.9. The van der Waals surface area contributed by atoms with Crippen LogP contribution in [0.2, 0.25) is 0 Å². The van der Waals surface area contributed by atoms with Gasteiger partial charge in [0.1, 0.15) is 0 Å². The van der Waals surface area contributed by atoms with Crippen molar-refractivity contribution < 1.29 is 19.5 Å². The van der Waals surface area contributed by atoms with Crippen LogP contribution >= 0.6 is 0 Å². The van der Waals surface area contributed by atoms with Crippen LogP contribution in [0.4, 0.5) is 5.69 Å². The first kappa shape index (κ1) is 17.0. The summed E-state index contributed by atoms with van der Waals surface area (Å²) in [6.45, 7) is 1.56. The Kier molecular flexibility index (Phi) is 5.36. The number of carboxylic acids is 1. The molecule has 1 fully saturated rings. The molecule has 1 aliphatic rings. The van der Waals surface area contributed by atoms with E-state index < -0.39 is 11.4 Å². The molecular formula is C17H22N2O4. The highest BCUT2D eigenvalue weighted by atomic mass is 16.4. The zero-order valence-corrected chi connectivity index (χ0v) is 13.2. The summed E-state index contributed by atoms with van der Waals surface area (Å²) >= 11 is 0. The van der Waals surface area contributed by atoms with Gasteiger partial charge in [-0.2, -0.15) is 0 Å². The molecule has 1 aromatic rings. The molecule has 0 unspecified atom stereocenters. The molecule has 0 spiro atoms. The molecule has 0 aliphatic heterocycles. The lowest BCUT2D eigenvalue weighted by atomic mass is 9.74. The van der Waals surface area contributed by atoms with E-state index in [2.05, 4.69) is 10.6 Å². The van der Waals surface area contributed by atoms with Crippen LogP contribution in [0.25, 0.3) is 0 Å². The first-order valence-electron chi connectivity index (χ1n) is 7.82. The van der Waals surface area contributed by atoms with Crippen molar-refractivity contribution in [1.82, 2.24) is 5.32 Å². The van der Waals surface area contributed by atoms with Crippen LogP contribution in [0.15, 0.2) is 24.3 Å². The molecule has 0 atom stereocenters. The molecule has 0 radical (unpaired) electrons. The second-order valence-corrected chi connectivity index (χ2v) is 6.09. The van der Waals surface area contributed by atoms with Gasteiger partial charge in [0.15, 0.2) is 0 Å². The fraction of sp³-hybridized carbons (Fsp3) is 0.471. The molecule has 2 rings (SSSR count). The number of hydrogen-bond donors (Lipinski definition) is 3. The zero-order chi connectivity index (χ0) is 16.9. The van der Waals surface area contributed by atoms with Gasteiger partial charge in [-0.05, 0) is 37.1 Å². The number of carboxylic acid groups (broad SMARTS) is 1.